The molecular formula is C31H43N3O5. The Hall–Kier alpha value is -3.81. The number of nitrogens with one attached hydrogen (secondary N) is 2. The number of nitrogens with zero attached hydrogens (tertiary/aromatic N) is 1. The molecule has 2 rings (SSSR count). The van der Waals surface area contributed by atoms with Crippen molar-refractivity contribution in [3.05, 3.63) is 71.8 Å². The molecule has 0 radical (unpaired) electrons. The Labute approximate surface area is 232 Å². The summed E-state index contributed by atoms with van der Waals surface area (Å²) in [6.45, 7) is 17.0. The third-order valence-electron chi connectivity index (χ3n) is 5.95. The topological polar surface area (TPSA) is 97.0 Å². The third-order valence-corrected chi connectivity index (χ3v) is 5.95. The van der Waals surface area contributed by atoms with Crippen molar-refractivity contribution in [1.29, 1.82) is 0 Å². The van der Waals surface area contributed by atoms with Crippen LogP contribution in [0.2, 0.25) is 0 Å². The van der Waals surface area contributed by atoms with Gasteiger partial charge in [-0.3, -0.25) is 9.59 Å². The van der Waals surface area contributed by atoms with E-state index >= 15 is 0 Å². The Balaban J connectivity index is 2.55. The highest BCUT2D eigenvalue weighted by Gasteiger charge is 2.36. The Morgan fingerprint density at radius 3 is 2.23 bits per heavy atom. The normalized spacial score (nSPS) is 12.7. The first kappa shape index (κ1) is 31.4. The highest BCUT2D eigenvalue weighted by atomic mass is 16.6. The fourth-order valence-electron chi connectivity index (χ4n) is 4.19. The zero-order valence-electron chi connectivity index (χ0n) is 24.5. The summed E-state index contributed by atoms with van der Waals surface area (Å²) in [4.78, 5) is 42.2. The van der Waals surface area contributed by atoms with E-state index in [0.717, 1.165) is 11.1 Å². The molecule has 3 amide bonds. The second-order valence-corrected chi connectivity index (χ2v) is 11.1. The first-order valence-electron chi connectivity index (χ1n) is 13.2. The average Bonchev–Trinajstić information content (AvgIpc) is 2.84. The standard InChI is InChI=1S/C31H43N3O5/c1-10-17-34(29(36)26(18-20(2)3)33-30(37)39-31(6,7)8)27(25-19-21(4)11-12-22(25)5)28(35)32-23-13-15-24(38-9)16-14-23/h10-16,19-20,26-27H,1,17-18H2,2-9H3,(H,32,35)(H,33,37). The van der Waals surface area contributed by atoms with Crippen molar-refractivity contribution in [3.8, 4) is 5.75 Å². The van der Waals surface area contributed by atoms with Crippen molar-refractivity contribution in [1.82, 2.24) is 10.2 Å². The molecule has 0 fully saturated rings. The van der Waals surface area contributed by atoms with E-state index in [2.05, 4.69) is 17.2 Å². The summed E-state index contributed by atoms with van der Waals surface area (Å²) >= 11 is 0. The SMILES string of the molecule is C=CCN(C(=O)C(CC(C)C)NC(=O)OC(C)(C)C)C(C(=O)Nc1ccc(OC)cc1)c1cc(C)ccc1C. The van der Waals surface area contributed by atoms with Gasteiger partial charge in [0.25, 0.3) is 5.91 Å². The first-order chi connectivity index (χ1) is 18.2. The van der Waals surface area contributed by atoms with E-state index in [1.807, 2.05) is 45.9 Å². The van der Waals surface area contributed by atoms with Gasteiger partial charge in [-0.1, -0.05) is 43.7 Å². The second kappa shape index (κ2) is 13.8. The number of hydrogen-bond donors (Lipinski definition) is 2. The number of rotatable bonds is 11. The Bertz CT molecular complexity index is 1150. The van der Waals surface area contributed by atoms with E-state index in [4.69, 9.17) is 9.47 Å². The van der Waals surface area contributed by atoms with Gasteiger partial charge in [0.05, 0.1) is 7.11 Å². The van der Waals surface area contributed by atoms with Crippen LogP contribution in [0.25, 0.3) is 0 Å². The maximum atomic E-state index is 14.1. The minimum absolute atomic E-state index is 0.0896. The molecule has 0 bridgehead atoms. The molecule has 0 aliphatic heterocycles. The van der Waals surface area contributed by atoms with Gasteiger partial charge in [0, 0.05) is 12.2 Å². The van der Waals surface area contributed by atoms with Crippen LogP contribution in [0.3, 0.4) is 0 Å². The number of hydrogen-bond acceptors (Lipinski definition) is 5. The van der Waals surface area contributed by atoms with Crippen LogP contribution in [-0.2, 0) is 14.3 Å². The fourth-order valence-corrected chi connectivity index (χ4v) is 4.19. The molecule has 8 nitrogen and oxygen atoms in total. The van der Waals surface area contributed by atoms with Crippen LogP contribution < -0.4 is 15.4 Å². The van der Waals surface area contributed by atoms with Crippen LogP contribution in [0.15, 0.2) is 55.1 Å². The molecule has 0 aliphatic carbocycles. The lowest BCUT2D eigenvalue weighted by Gasteiger charge is -2.35. The van der Waals surface area contributed by atoms with Crippen molar-refractivity contribution in [2.75, 3.05) is 19.0 Å². The molecule has 0 spiro atoms. The number of methoxy groups -OCH3 is 1. The lowest BCUT2D eigenvalue weighted by Crippen LogP contribution is -2.53. The third kappa shape index (κ3) is 9.46. The molecule has 0 aliphatic rings. The number of benzene rings is 2. The molecule has 2 unspecified atom stereocenters. The molecule has 2 aromatic rings. The summed E-state index contributed by atoms with van der Waals surface area (Å²) in [6.07, 6.45) is 1.26. The second-order valence-electron chi connectivity index (χ2n) is 11.1. The molecular weight excluding hydrogens is 494 g/mol. The predicted molar refractivity (Wildman–Crippen MR) is 155 cm³/mol. The van der Waals surface area contributed by atoms with Crippen LogP contribution >= 0.6 is 0 Å². The fraction of sp³-hybridized carbons (Fsp3) is 0.452. The monoisotopic (exact) mass is 537 g/mol. The average molecular weight is 538 g/mol. The van der Waals surface area contributed by atoms with Gasteiger partial charge >= 0.3 is 6.09 Å². The number of anilines is 1. The van der Waals surface area contributed by atoms with Crippen LogP contribution in [0, 0.1) is 19.8 Å². The maximum Gasteiger partial charge on any atom is 0.408 e. The zero-order valence-corrected chi connectivity index (χ0v) is 24.5. The quantitative estimate of drug-likeness (QED) is 0.346. The number of aryl methyl sites for hydroxylation is 2. The van der Waals surface area contributed by atoms with E-state index in [1.165, 1.54) is 4.90 Å². The molecule has 0 aromatic heterocycles. The molecule has 8 heteroatoms. The number of carbonyl (C=O) groups is 3. The molecule has 2 N–H and O–H groups in total. The van der Waals surface area contributed by atoms with E-state index in [0.29, 0.717) is 23.4 Å². The highest BCUT2D eigenvalue weighted by molar-refractivity contribution is 5.99. The van der Waals surface area contributed by atoms with Gasteiger partial charge in [-0.25, -0.2) is 4.79 Å². The zero-order chi connectivity index (χ0) is 29.3. The van der Waals surface area contributed by atoms with Gasteiger partial charge in [0.15, 0.2) is 0 Å². The first-order valence-corrected chi connectivity index (χ1v) is 13.2. The van der Waals surface area contributed by atoms with Crippen LogP contribution in [0.4, 0.5) is 10.5 Å². The van der Waals surface area contributed by atoms with Crippen molar-refractivity contribution in [2.45, 2.75) is 72.6 Å². The van der Waals surface area contributed by atoms with Crippen molar-refractivity contribution in [2.24, 2.45) is 5.92 Å². The van der Waals surface area contributed by atoms with Gasteiger partial charge in [-0.2, -0.15) is 0 Å². The summed E-state index contributed by atoms with van der Waals surface area (Å²) < 4.78 is 10.7. The van der Waals surface area contributed by atoms with Gasteiger partial charge in [-0.15, -0.1) is 6.58 Å². The molecule has 2 atom stereocenters. The van der Waals surface area contributed by atoms with Crippen LogP contribution in [0.5, 0.6) is 5.75 Å². The largest absolute Gasteiger partial charge is 0.497 e. The van der Waals surface area contributed by atoms with Crippen molar-refractivity contribution < 1.29 is 23.9 Å². The molecule has 212 valence electrons. The summed E-state index contributed by atoms with van der Waals surface area (Å²) in [5.74, 6) is -0.0334. The van der Waals surface area contributed by atoms with E-state index in [-0.39, 0.29) is 18.4 Å². The minimum Gasteiger partial charge on any atom is -0.497 e. The number of amides is 3. The van der Waals surface area contributed by atoms with E-state index in [9.17, 15) is 14.4 Å². The summed E-state index contributed by atoms with van der Waals surface area (Å²) in [7, 11) is 1.57. The lowest BCUT2D eigenvalue weighted by molar-refractivity contribution is -0.140. The molecule has 0 heterocycles. The number of carbonyl (C=O) groups excluding carboxylic acids is 3. The summed E-state index contributed by atoms with van der Waals surface area (Å²) in [6, 6.07) is 10.9. The van der Waals surface area contributed by atoms with Crippen LogP contribution in [-0.4, -0.2) is 48.1 Å². The lowest BCUT2D eigenvalue weighted by atomic mass is 9.95. The molecule has 2 aromatic carbocycles. The minimum atomic E-state index is -0.979. The molecule has 39 heavy (non-hydrogen) atoms. The predicted octanol–water partition coefficient (Wildman–Crippen LogP) is 5.95. The summed E-state index contributed by atoms with van der Waals surface area (Å²) in [5, 5.41) is 5.69. The van der Waals surface area contributed by atoms with Crippen molar-refractivity contribution in [3.63, 3.8) is 0 Å². The van der Waals surface area contributed by atoms with Crippen molar-refractivity contribution >= 4 is 23.6 Å². The summed E-state index contributed by atoms with van der Waals surface area (Å²) in [5.41, 5.74) is 2.34. The Morgan fingerprint density at radius 2 is 1.69 bits per heavy atom. The van der Waals surface area contributed by atoms with Gasteiger partial charge < -0.3 is 25.0 Å². The molecule has 0 saturated heterocycles. The molecule has 0 saturated carbocycles. The Kier molecular flexibility index (Phi) is 11.1. The number of ether oxygens (including phenoxy) is 2. The smallest absolute Gasteiger partial charge is 0.408 e. The van der Waals surface area contributed by atoms with E-state index in [1.54, 1.807) is 58.2 Å². The Morgan fingerprint density at radius 1 is 1.05 bits per heavy atom. The highest BCUT2D eigenvalue weighted by Crippen LogP contribution is 2.29. The number of alkyl carbamates (subject to hydrolysis) is 1. The maximum absolute atomic E-state index is 14.1. The van der Waals surface area contributed by atoms with Crippen LogP contribution in [0.1, 0.15) is 63.8 Å². The van der Waals surface area contributed by atoms with Gasteiger partial charge in [-0.05, 0) is 82.3 Å². The van der Waals surface area contributed by atoms with E-state index < -0.39 is 29.7 Å². The van der Waals surface area contributed by atoms with Gasteiger partial charge in [0.1, 0.15) is 23.4 Å². The van der Waals surface area contributed by atoms with Gasteiger partial charge in [0.2, 0.25) is 5.91 Å².